The second-order valence-electron chi connectivity index (χ2n) is 6.34. The van der Waals surface area contributed by atoms with Crippen molar-refractivity contribution < 1.29 is 0 Å². The highest BCUT2D eigenvalue weighted by atomic mass is 15.2. The van der Waals surface area contributed by atoms with Gasteiger partial charge in [0.25, 0.3) is 0 Å². The Bertz CT molecular complexity index is 802. The highest BCUT2D eigenvalue weighted by Crippen LogP contribution is 2.26. The second-order valence-corrected chi connectivity index (χ2v) is 6.34. The first-order valence-corrected chi connectivity index (χ1v) is 8.68. The molecular formula is C19H23N5. The molecule has 0 spiro atoms. The van der Waals surface area contributed by atoms with Crippen LogP contribution in [0.2, 0.25) is 0 Å². The van der Waals surface area contributed by atoms with E-state index in [0.717, 1.165) is 44.7 Å². The summed E-state index contributed by atoms with van der Waals surface area (Å²) >= 11 is 0. The summed E-state index contributed by atoms with van der Waals surface area (Å²) in [4.78, 5) is 6.80. The number of fused-ring (bicyclic) bond motifs is 1. The molecule has 5 nitrogen and oxygen atoms in total. The Morgan fingerprint density at radius 3 is 2.79 bits per heavy atom. The largest absolute Gasteiger partial charge is 0.334 e. The van der Waals surface area contributed by atoms with Gasteiger partial charge in [-0.2, -0.15) is 5.10 Å². The van der Waals surface area contributed by atoms with Gasteiger partial charge in [0, 0.05) is 55.6 Å². The topological polar surface area (TPSA) is 49.7 Å². The summed E-state index contributed by atoms with van der Waals surface area (Å²) in [5, 5.41) is 7.85. The van der Waals surface area contributed by atoms with Crippen LogP contribution in [-0.4, -0.2) is 37.7 Å². The number of benzene rings is 1. The fourth-order valence-electron chi connectivity index (χ4n) is 3.52. The molecule has 1 aliphatic heterocycles. The third kappa shape index (κ3) is 2.87. The van der Waals surface area contributed by atoms with Gasteiger partial charge in [-0.05, 0) is 13.3 Å². The lowest BCUT2D eigenvalue weighted by molar-refractivity contribution is 0.271. The maximum atomic E-state index is 4.58. The fourth-order valence-corrected chi connectivity index (χ4v) is 3.52. The Balaban J connectivity index is 1.52. The SMILES string of the molecule is CCn1cncc1CN1CCc2[nH]nc(-c3ccccc3)c2CC1. The molecule has 4 rings (SSSR count). The molecule has 1 aliphatic rings. The van der Waals surface area contributed by atoms with E-state index >= 15 is 0 Å². The summed E-state index contributed by atoms with van der Waals surface area (Å²) in [5.41, 5.74) is 6.29. The van der Waals surface area contributed by atoms with Crippen LogP contribution in [0, 0.1) is 0 Å². The van der Waals surface area contributed by atoms with Crippen molar-refractivity contribution in [2.75, 3.05) is 13.1 Å². The minimum absolute atomic E-state index is 0.964. The third-order valence-corrected chi connectivity index (χ3v) is 4.88. The Hall–Kier alpha value is -2.40. The van der Waals surface area contributed by atoms with Crippen LogP contribution >= 0.6 is 0 Å². The maximum Gasteiger partial charge on any atom is 0.0955 e. The van der Waals surface area contributed by atoms with Crippen molar-refractivity contribution in [2.24, 2.45) is 0 Å². The lowest BCUT2D eigenvalue weighted by Gasteiger charge is -2.20. The minimum Gasteiger partial charge on any atom is -0.334 e. The number of aromatic nitrogens is 4. The molecule has 0 amide bonds. The molecule has 0 bridgehead atoms. The predicted molar refractivity (Wildman–Crippen MR) is 94.6 cm³/mol. The van der Waals surface area contributed by atoms with Gasteiger partial charge in [-0.25, -0.2) is 4.98 Å². The van der Waals surface area contributed by atoms with E-state index in [9.17, 15) is 0 Å². The Labute approximate surface area is 142 Å². The van der Waals surface area contributed by atoms with Gasteiger partial charge in [0.1, 0.15) is 0 Å². The third-order valence-electron chi connectivity index (χ3n) is 4.88. The van der Waals surface area contributed by atoms with Gasteiger partial charge in [0.15, 0.2) is 0 Å². The summed E-state index contributed by atoms with van der Waals surface area (Å²) in [5.74, 6) is 0. The number of hydrogen-bond donors (Lipinski definition) is 1. The fraction of sp³-hybridized carbons (Fsp3) is 0.368. The molecule has 5 heteroatoms. The van der Waals surface area contributed by atoms with Gasteiger partial charge in [-0.15, -0.1) is 0 Å². The van der Waals surface area contributed by atoms with Crippen molar-refractivity contribution in [3.8, 4) is 11.3 Å². The minimum atomic E-state index is 0.964. The quantitative estimate of drug-likeness (QED) is 0.804. The molecule has 124 valence electrons. The number of hydrogen-bond acceptors (Lipinski definition) is 3. The lowest BCUT2D eigenvalue weighted by Crippen LogP contribution is -2.27. The average Bonchev–Trinajstić information content (AvgIpc) is 3.19. The van der Waals surface area contributed by atoms with Crippen LogP contribution in [0.3, 0.4) is 0 Å². The van der Waals surface area contributed by atoms with Gasteiger partial charge in [0.2, 0.25) is 0 Å². The summed E-state index contributed by atoms with van der Waals surface area (Å²) in [6, 6.07) is 10.5. The van der Waals surface area contributed by atoms with Crippen LogP contribution in [0.25, 0.3) is 11.3 Å². The van der Waals surface area contributed by atoms with E-state index in [1.165, 1.54) is 22.5 Å². The van der Waals surface area contributed by atoms with Crippen LogP contribution in [0.5, 0.6) is 0 Å². The molecule has 0 atom stereocenters. The zero-order valence-corrected chi connectivity index (χ0v) is 14.1. The molecular weight excluding hydrogens is 298 g/mol. The molecule has 3 heterocycles. The van der Waals surface area contributed by atoms with Crippen molar-refractivity contribution >= 4 is 0 Å². The number of imidazole rings is 1. The zero-order chi connectivity index (χ0) is 16.4. The second kappa shape index (κ2) is 6.61. The number of aromatic amines is 1. The standard InChI is InChI=1S/C19H23N5/c1-2-24-14-20-12-16(24)13-23-10-8-17-18(9-11-23)21-22-19(17)15-6-4-3-5-7-15/h3-7,12,14H,2,8-11,13H2,1H3,(H,21,22). The molecule has 3 aromatic rings. The van der Waals surface area contributed by atoms with Gasteiger partial charge in [-0.1, -0.05) is 30.3 Å². The number of nitrogens with zero attached hydrogens (tertiary/aromatic N) is 4. The predicted octanol–water partition coefficient (Wildman–Crippen LogP) is 2.89. The van der Waals surface area contributed by atoms with Crippen molar-refractivity contribution in [3.05, 3.63) is 59.8 Å². The molecule has 1 N–H and O–H groups in total. The molecule has 0 saturated heterocycles. The normalized spacial score (nSPS) is 15.2. The molecule has 1 aromatic carbocycles. The first-order chi connectivity index (χ1) is 11.8. The summed E-state index contributed by atoms with van der Waals surface area (Å²) in [6.07, 6.45) is 5.98. The average molecular weight is 321 g/mol. The van der Waals surface area contributed by atoms with Gasteiger partial charge in [0.05, 0.1) is 17.7 Å². The summed E-state index contributed by atoms with van der Waals surface area (Å²) in [6.45, 7) is 6.21. The summed E-state index contributed by atoms with van der Waals surface area (Å²) < 4.78 is 2.22. The zero-order valence-electron chi connectivity index (χ0n) is 14.1. The molecule has 0 fully saturated rings. The lowest BCUT2D eigenvalue weighted by atomic mass is 10.0. The molecule has 0 radical (unpaired) electrons. The van der Waals surface area contributed by atoms with Crippen LogP contribution in [-0.2, 0) is 25.9 Å². The highest BCUT2D eigenvalue weighted by Gasteiger charge is 2.20. The van der Waals surface area contributed by atoms with Gasteiger partial charge >= 0.3 is 0 Å². The Kier molecular flexibility index (Phi) is 4.17. The van der Waals surface area contributed by atoms with E-state index in [0.29, 0.717) is 0 Å². The molecule has 0 aliphatic carbocycles. The highest BCUT2D eigenvalue weighted by molar-refractivity contribution is 5.64. The molecule has 0 unspecified atom stereocenters. The number of nitrogens with one attached hydrogen (secondary N) is 1. The van der Waals surface area contributed by atoms with E-state index in [1.807, 2.05) is 18.6 Å². The van der Waals surface area contributed by atoms with Crippen LogP contribution in [0.15, 0.2) is 42.9 Å². The molecule has 0 saturated carbocycles. The monoisotopic (exact) mass is 321 g/mol. The van der Waals surface area contributed by atoms with Gasteiger partial charge in [-0.3, -0.25) is 10.00 Å². The summed E-state index contributed by atoms with van der Waals surface area (Å²) in [7, 11) is 0. The molecule has 2 aromatic heterocycles. The first-order valence-electron chi connectivity index (χ1n) is 8.68. The van der Waals surface area contributed by atoms with Crippen molar-refractivity contribution in [2.45, 2.75) is 32.9 Å². The van der Waals surface area contributed by atoms with E-state index in [2.05, 4.69) is 55.8 Å². The van der Waals surface area contributed by atoms with Crippen LogP contribution < -0.4 is 0 Å². The van der Waals surface area contributed by atoms with Crippen LogP contribution in [0.4, 0.5) is 0 Å². The number of rotatable bonds is 4. The maximum absolute atomic E-state index is 4.58. The van der Waals surface area contributed by atoms with E-state index in [4.69, 9.17) is 0 Å². The first kappa shape index (κ1) is 15.1. The Morgan fingerprint density at radius 2 is 1.96 bits per heavy atom. The van der Waals surface area contributed by atoms with Gasteiger partial charge < -0.3 is 4.57 Å². The van der Waals surface area contributed by atoms with Crippen molar-refractivity contribution in [1.82, 2.24) is 24.6 Å². The number of H-pyrrole nitrogens is 1. The van der Waals surface area contributed by atoms with E-state index < -0.39 is 0 Å². The number of aryl methyl sites for hydroxylation is 1. The van der Waals surface area contributed by atoms with Crippen molar-refractivity contribution in [3.63, 3.8) is 0 Å². The van der Waals surface area contributed by atoms with E-state index in [-0.39, 0.29) is 0 Å². The Morgan fingerprint density at radius 1 is 1.12 bits per heavy atom. The molecule has 24 heavy (non-hydrogen) atoms. The van der Waals surface area contributed by atoms with E-state index in [1.54, 1.807) is 0 Å². The smallest absolute Gasteiger partial charge is 0.0955 e. The van der Waals surface area contributed by atoms with Crippen LogP contribution in [0.1, 0.15) is 23.9 Å². The van der Waals surface area contributed by atoms with Crippen molar-refractivity contribution in [1.29, 1.82) is 0 Å².